The Balaban J connectivity index is 0.000000448. The summed E-state index contributed by atoms with van der Waals surface area (Å²) in [7, 11) is 0. The lowest BCUT2D eigenvalue weighted by molar-refractivity contribution is -0.192. The fourth-order valence-corrected chi connectivity index (χ4v) is 5.53. The van der Waals surface area contributed by atoms with E-state index in [1.54, 1.807) is 6.20 Å². The summed E-state index contributed by atoms with van der Waals surface area (Å²) in [5.41, 5.74) is 0.208. The van der Waals surface area contributed by atoms with Crippen molar-refractivity contribution in [1.29, 1.82) is 0 Å². The van der Waals surface area contributed by atoms with Gasteiger partial charge >= 0.3 is 12.1 Å². The van der Waals surface area contributed by atoms with Gasteiger partial charge in [0.25, 0.3) is 5.91 Å². The van der Waals surface area contributed by atoms with Crippen LogP contribution in [0.1, 0.15) is 23.2 Å². The van der Waals surface area contributed by atoms with E-state index in [2.05, 4.69) is 9.88 Å². The quantitative estimate of drug-likeness (QED) is 0.629. The molecule has 1 aromatic heterocycles. The Morgan fingerprint density at radius 2 is 1.62 bits per heavy atom. The van der Waals surface area contributed by atoms with E-state index in [-0.39, 0.29) is 17.7 Å². The average Bonchev–Trinajstić information content (AvgIpc) is 3.22. The third-order valence-corrected chi connectivity index (χ3v) is 7.43. The highest BCUT2D eigenvalue weighted by atomic mass is 19.4. The number of alkyl halides is 3. The van der Waals surface area contributed by atoms with E-state index in [4.69, 9.17) is 14.6 Å². The van der Waals surface area contributed by atoms with Crippen molar-refractivity contribution in [3.63, 3.8) is 0 Å². The summed E-state index contributed by atoms with van der Waals surface area (Å²) in [6.45, 7) is 5.13. The largest absolute Gasteiger partial charge is 0.490 e. The fourth-order valence-electron chi connectivity index (χ4n) is 5.53. The highest BCUT2D eigenvalue weighted by Crippen LogP contribution is 2.45. The number of hydrogen-bond donors (Lipinski definition) is 1. The van der Waals surface area contributed by atoms with Gasteiger partial charge in [-0.25, -0.2) is 9.78 Å². The molecule has 2 atom stereocenters. The number of fused-ring (bicyclic) bond motifs is 1. The van der Waals surface area contributed by atoms with Crippen LogP contribution in [-0.2, 0) is 14.3 Å². The summed E-state index contributed by atoms with van der Waals surface area (Å²) < 4.78 is 37.2. The third-order valence-electron chi connectivity index (χ3n) is 7.43. The van der Waals surface area contributed by atoms with Gasteiger partial charge in [0.1, 0.15) is 5.82 Å². The zero-order chi connectivity index (χ0) is 28.0. The molecule has 3 fully saturated rings. The number of anilines is 1. The number of halogens is 3. The van der Waals surface area contributed by atoms with Crippen molar-refractivity contribution >= 4 is 23.6 Å². The van der Waals surface area contributed by atoms with Crippen molar-refractivity contribution in [2.24, 2.45) is 11.3 Å². The number of rotatable bonds is 3. The molecule has 3 aliphatic heterocycles. The van der Waals surface area contributed by atoms with E-state index < -0.39 is 17.6 Å². The number of pyridine rings is 1. The molecule has 1 N–H and O–H groups in total. The van der Waals surface area contributed by atoms with Crippen LogP contribution in [0.15, 0.2) is 54.7 Å². The number of likely N-dealkylation sites (tertiary alicyclic amines) is 1. The minimum atomic E-state index is -5.08. The van der Waals surface area contributed by atoms with E-state index in [1.807, 2.05) is 58.3 Å². The van der Waals surface area contributed by atoms with Gasteiger partial charge in [-0.2, -0.15) is 13.2 Å². The van der Waals surface area contributed by atoms with Crippen molar-refractivity contribution < 1.29 is 37.4 Å². The van der Waals surface area contributed by atoms with Gasteiger partial charge in [-0.15, -0.1) is 0 Å². The monoisotopic (exact) mass is 548 g/mol. The van der Waals surface area contributed by atoms with Crippen molar-refractivity contribution in [3.8, 4) is 0 Å². The van der Waals surface area contributed by atoms with E-state index in [0.717, 1.165) is 25.2 Å². The SMILES string of the molecule is O=C(O)C(F)(F)F.O=C(c1ccccc1)N1CCC[C@]2(C(=O)N3CCOCC3)CN(c3ccccn3)C[C@@H]2C1. The Bertz CT molecular complexity index is 1150. The summed E-state index contributed by atoms with van der Waals surface area (Å²) in [6, 6.07) is 15.4. The number of carbonyl (C=O) groups excluding carboxylic acids is 2. The number of amides is 2. The van der Waals surface area contributed by atoms with Crippen LogP contribution in [0.5, 0.6) is 0 Å². The maximum Gasteiger partial charge on any atom is 0.490 e. The number of carbonyl (C=O) groups is 3. The number of aromatic nitrogens is 1. The van der Waals surface area contributed by atoms with E-state index in [9.17, 15) is 22.8 Å². The second kappa shape index (κ2) is 12.0. The van der Waals surface area contributed by atoms with Crippen molar-refractivity contribution in [1.82, 2.24) is 14.8 Å². The third kappa shape index (κ3) is 6.49. The summed E-state index contributed by atoms with van der Waals surface area (Å²) in [5, 5.41) is 7.12. The van der Waals surface area contributed by atoms with Crippen molar-refractivity contribution in [3.05, 3.63) is 60.3 Å². The second-order valence-corrected chi connectivity index (χ2v) is 9.85. The molecule has 12 heteroatoms. The molecule has 0 bridgehead atoms. The van der Waals surface area contributed by atoms with Crippen LogP contribution in [0.2, 0.25) is 0 Å². The molecule has 3 saturated heterocycles. The first-order valence-corrected chi connectivity index (χ1v) is 12.8. The zero-order valence-electron chi connectivity index (χ0n) is 21.3. The summed E-state index contributed by atoms with van der Waals surface area (Å²) in [4.78, 5) is 46.8. The van der Waals surface area contributed by atoms with Crippen LogP contribution in [0.3, 0.4) is 0 Å². The molecule has 39 heavy (non-hydrogen) atoms. The Kier molecular flexibility index (Phi) is 8.73. The fraction of sp³-hybridized carbons (Fsp3) is 0.481. The van der Waals surface area contributed by atoms with Gasteiger partial charge in [0, 0.05) is 56.9 Å². The Morgan fingerprint density at radius 3 is 2.23 bits per heavy atom. The van der Waals surface area contributed by atoms with E-state index >= 15 is 0 Å². The Hall–Kier alpha value is -3.67. The molecule has 5 rings (SSSR count). The average molecular weight is 549 g/mol. The lowest BCUT2D eigenvalue weighted by Gasteiger charge is -2.38. The molecule has 0 spiro atoms. The summed E-state index contributed by atoms with van der Waals surface area (Å²) in [6.07, 6.45) is -1.68. The highest BCUT2D eigenvalue weighted by Gasteiger charge is 2.55. The molecule has 0 saturated carbocycles. The van der Waals surface area contributed by atoms with Crippen molar-refractivity contribution in [2.45, 2.75) is 19.0 Å². The van der Waals surface area contributed by atoms with Crippen molar-refractivity contribution in [2.75, 3.05) is 57.4 Å². The predicted octanol–water partition coefficient (Wildman–Crippen LogP) is 2.93. The maximum absolute atomic E-state index is 14.0. The van der Waals surface area contributed by atoms with E-state index in [1.165, 1.54) is 0 Å². The van der Waals surface area contributed by atoms with Gasteiger partial charge in [-0.1, -0.05) is 24.3 Å². The summed E-state index contributed by atoms with van der Waals surface area (Å²) in [5.74, 6) is -1.52. The lowest BCUT2D eigenvalue weighted by atomic mass is 9.73. The minimum Gasteiger partial charge on any atom is -0.475 e. The number of benzene rings is 1. The van der Waals surface area contributed by atoms with Gasteiger partial charge in [-0.3, -0.25) is 9.59 Å². The molecule has 1 aromatic carbocycles. The zero-order valence-corrected chi connectivity index (χ0v) is 21.3. The highest BCUT2D eigenvalue weighted by molar-refractivity contribution is 5.94. The number of morpholine rings is 1. The number of carboxylic acid groups (broad SMARTS) is 1. The first-order chi connectivity index (χ1) is 18.6. The van der Waals surface area contributed by atoms with Crippen LogP contribution in [0, 0.1) is 11.3 Å². The normalized spacial score (nSPS) is 23.3. The van der Waals surface area contributed by atoms with Crippen LogP contribution in [-0.4, -0.2) is 96.3 Å². The molecular weight excluding hydrogens is 517 g/mol. The smallest absolute Gasteiger partial charge is 0.475 e. The first-order valence-electron chi connectivity index (χ1n) is 12.8. The molecular formula is C27H31F3N4O5. The number of hydrogen-bond acceptors (Lipinski definition) is 6. The predicted molar refractivity (Wildman–Crippen MR) is 135 cm³/mol. The molecule has 9 nitrogen and oxygen atoms in total. The second-order valence-electron chi connectivity index (χ2n) is 9.85. The standard InChI is InChI=1S/C25H30N4O3.C2HF3O2/c30-23(20-7-2-1-3-8-20)28-12-6-10-25(24(31)27-13-15-32-16-14-27)19-29(18-21(25)17-28)22-9-4-5-11-26-22;3-2(4,5)1(6)7/h1-5,7-9,11,21H,6,10,12-19H2;(H,6,7)/t21-,25-;/m0./s1. The molecule has 0 unspecified atom stereocenters. The van der Waals surface area contributed by atoms with Crippen LogP contribution in [0.25, 0.3) is 0 Å². The first kappa shape index (κ1) is 28.3. The van der Waals surface area contributed by atoms with Crippen LogP contribution < -0.4 is 4.90 Å². The maximum atomic E-state index is 14.0. The summed E-state index contributed by atoms with van der Waals surface area (Å²) >= 11 is 0. The van der Waals surface area contributed by atoms with E-state index in [0.29, 0.717) is 51.5 Å². The minimum absolute atomic E-state index is 0.0523. The molecule has 3 aliphatic rings. The molecule has 4 heterocycles. The number of ether oxygens (including phenoxy) is 1. The van der Waals surface area contributed by atoms with Crippen LogP contribution >= 0.6 is 0 Å². The molecule has 0 aliphatic carbocycles. The number of carboxylic acids is 1. The topological polar surface area (TPSA) is 103 Å². The van der Waals surface area contributed by atoms with Gasteiger partial charge in [0.05, 0.1) is 18.6 Å². The molecule has 210 valence electrons. The van der Waals surface area contributed by atoms with Gasteiger partial charge in [0.15, 0.2) is 0 Å². The van der Waals surface area contributed by atoms with Gasteiger partial charge in [0.2, 0.25) is 5.91 Å². The van der Waals surface area contributed by atoms with Gasteiger partial charge in [-0.05, 0) is 37.1 Å². The number of nitrogens with zero attached hydrogens (tertiary/aromatic N) is 4. The molecule has 2 amide bonds. The molecule has 2 aromatic rings. The molecule has 0 radical (unpaired) electrons. The lowest BCUT2D eigenvalue weighted by Crippen LogP contribution is -2.53. The van der Waals surface area contributed by atoms with Gasteiger partial charge < -0.3 is 24.5 Å². The Labute approximate surface area is 224 Å². The number of aliphatic carboxylic acids is 1. The van der Waals surface area contributed by atoms with Crippen LogP contribution in [0.4, 0.5) is 19.0 Å². The Morgan fingerprint density at radius 1 is 0.949 bits per heavy atom.